The first-order chi connectivity index (χ1) is 11.7. The molecule has 0 radical (unpaired) electrons. The zero-order valence-electron chi connectivity index (χ0n) is 14.3. The van der Waals surface area contributed by atoms with Crippen molar-refractivity contribution >= 4 is 16.5 Å². The first-order valence-electron chi connectivity index (χ1n) is 9.21. The molecule has 0 bridgehead atoms. The van der Waals surface area contributed by atoms with Crippen LogP contribution in [0.3, 0.4) is 0 Å². The summed E-state index contributed by atoms with van der Waals surface area (Å²) in [6, 6.07) is 5.15. The Morgan fingerprint density at radius 3 is 2.88 bits per heavy atom. The maximum atomic E-state index is 13.7. The normalized spacial score (nSPS) is 23.2. The molecule has 0 saturated heterocycles. The summed E-state index contributed by atoms with van der Waals surface area (Å²) in [5.41, 5.74) is 3.23. The fourth-order valence-electron chi connectivity index (χ4n) is 4.00. The van der Waals surface area contributed by atoms with E-state index >= 15 is 0 Å². The second-order valence-corrected chi connectivity index (χ2v) is 8.54. The first-order valence-corrected chi connectivity index (χ1v) is 10.0. The molecule has 1 aromatic carbocycles. The Kier molecular flexibility index (Phi) is 4.57. The molecule has 0 amide bonds. The maximum absolute atomic E-state index is 13.7. The summed E-state index contributed by atoms with van der Waals surface area (Å²) in [7, 11) is 0. The van der Waals surface area contributed by atoms with Crippen LogP contribution >= 0.6 is 11.3 Å². The minimum Gasteiger partial charge on any atom is -0.361 e. The third-order valence-corrected chi connectivity index (χ3v) is 6.62. The minimum atomic E-state index is -0.166. The van der Waals surface area contributed by atoms with E-state index in [1.165, 1.54) is 36.1 Å². The van der Waals surface area contributed by atoms with Crippen molar-refractivity contribution in [1.82, 2.24) is 4.98 Å². The number of aryl methyl sites for hydroxylation is 2. The predicted molar refractivity (Wildman–Crippen MR) is 99.1 cm³/mol. The summed E-state index contributed by atoms with van der Waals surface area (Å²) in [5, 5.41) is 4.58. The summed E-state index contributed by atoms with van der Waals surface area (Å²) in [6.07, 6.45) is 8.54. The van der Waals surface area contributed by atoms with Crippen molar-refractivity contribution in [3.63, 3.8) is 0 Å². The van der Waals surface area contributed by atoms with Gasteiger partial charge >= 0.3 is 0 Å². The van der Waals surface area contributed by atoms with E-state index in [0.29, 0.717) is 0 Å². The van der Waals surface area contributed by atoms with Gasteiger partial charge < -0.3 is 5.32 Å². The van der Waals surface area contributed by atoms with Gasteiger partial charge in [0.1, 0.15) is 5.82 Å². The fraction of sp³-hybridized carbons (Fsp3) is 0.550. The number of fused-ring (bicyclic) bond motifs is 3. The monoisotopic (exact) mass is 344 g/mol. The van der Waals surface area contributed by atoms with Crippen LogP contribution in [-0.2, 0) is 12.8 Å². The van der Waals surface area contributed by atoms with E-state index in [4.69, 9.17) is 4.98 Å². The maximum Gasteiger partial charge on any atom is 0.183 e. The highest BCUT2D eigenvalue weighted by Crippen LogP contribution is 2.38. The van der Waals surface area contributed by atoms with Gasteiger partial charge in [0.25, 0.3) is 0 Å². The Balaban J connectivity index is 1.51. The smallest absolute Gasteiger partial charge is 0.183 e. The molecule has 2 aliphatic rings. The van der Waals surface area contributed by atoms with Crippen LogP contribution in [0.5, 0.6) is 0 Å². The van der Waals surface area contributed by atoms with Crippen molar-refractivity contribution < 1.29 is 4.39 Å². The summed E-state index contributed by atoms with van der Waals surface area (Å²) >= 11 is 1.76. The standard InChI is InChI=1S/C20H25FN2S/c1-13-5-7-14(8-6-13)12-22-20-23-19-17-11-16(21)10-9-15(17)3-2-4-18(19)24-20/h9-11,13-14H,2-8,12H2,1H3,(H,22,23). The van der Waals surface area contributed by atoms with Crippen LogP contribution in [0.4, 0.5) is 9.52 Å². The highest BCUT2D eigenvalue weighted by Gasteiger charge is 2.21. The van der Waals surface area contributed by atoms with Crippen molar-refractivity contribution in [2.45, 2.75) is 51.9 Å². The highest BCUT2D eigenvalue weighted by atomic mass is 32.1. The lowest BCUT2D eigenvalue weighted by molar-refractivity contribution is 0.300. The van der Waals surface area contributed by atoms with Gasteiger partial charge in [0.2, 0.25) is 0 Å². The molecule has 24 heavy (non-hydrogen) atoms. The van der Waals surface area contributed by atoms with Gasteiger partial charge in [0.15, 0.2) is 5.13 Å². The summed E-state index contributed by atoms with van der Waals surface area (Å²) in [6.45, 7) is 3.38. The summed E-state index contributed by atoms with van der Waals surface area (Å²) < 4.78 is 13.7. The van der Waals surface area contributed by atoms with Gasteiger partial charge in [-0.25, -0.2) is 9.37 Å². The summed E-state index contributed by atoms with van der Waals surface area (Å²) in [5.74, 6) is 1.50. The van der Waals surface area contributed by atoms with Gasteiger partial charge in [0.05, 0.1) is 5.69 Å². The molecular formula is C20H25FN2S. The van der Waals surface area contributed by atoms with E-state index in [1.807, 2.05) is 6.07 Å². The molecule has 1 saturated carbocycles. The van der Waals surface area contributed by atoms with E-state index < -0.39 is 0 Å². The van der Waals surface area contributed by atoms with Crippen LogP contribution in [0.15, 0.2) is 18.2 Å². The number of hydrogen-bond donors (Lipinski definition) is 1. The first kappa shape index (κ1) is 16.1. The quantitative estimate of drug-likeness (QED) is 0.775. The SMILES string of the molecule is CC1CCC(CNc2nc3c(s2)CCCc2ccc(F)cc2-3)CC1. The molecule has 1 aromatic heterocycles. The van der Waals surface area contributed by atoms with Crippen LogP contribution in [0.1, 0.15) is 49.5 Å². The molecule has 4 rings (SSSR count). The van der Waals surface area contributed by atoms with Crippen molar-refractivity contribution in [2.75, 3.05) is 11.9 Å². The average molecular weight is 344 g/mol. The van der Waals surface area contributed by atoms with E-state index in [-0.39, 0.29) is 5.82 Å². The Morgan fingerprint density at radius 2 is 2.04 bits per heavy atom. The number of hydrogen-bond acceptors (Lipinski definition) is 3. The Hall–Kier alpha value is -1.42. The lowest BCUT2D eigenvalue weighted by Crippen LogP contribution is -2.20. The van der Waals surface area contributed by atoms with Gasteiger partial charge in [-0.1, -0.05) is 25.8 Å². The molecule has 1 N–H and O–H groups in total. The van der Waals surface area contributed by atoms with Crippen LogP contribution in [-0.4, -0.2) is 11.5 Å². The Labute approximate surface area is 147 Å². The highest BCUT2D eigenvalue weighted by molar-refractivity contribution is 7.16. The van der Waals surface area contributed by atoms with Crippen molar-refractivity contribution in [2.24, 2.45) is 11.8 Å². The second kappa shape index (κ2) is 6.83. The lowest BCUT2D eigenvalue weighted by Gasteiger charge is -2.26. The average Bonchev–Trinajstić information content (AvgIpc) is 2.91. The van der Waals surface area contributed by atoms with Gasteiger partial charge in [-0.2, -0.15) is 0 Å². The van der Waals surface area contributed by atoms with E-state index in [1.54, 1.807) is 23.5 Å². The van der Waals surface area contributed by atoms with E-state index in [9.17, 15) is 4.39 Å². The van der Waals surface area contributed by atoms with Gasteiger partial charge in [-0.15, -0.1) is 11.3 Å². The largest absolute Gasteiger partial charge is 0.361 e. The van der Waals surface area contributed by atoms with E-state index in [0.717, 1.165) is 54.0 Å². The third-order valence-electron chi connectivity index (χ3n) is 5.55. The minimum absolute atomic E-state index is 0.166. The zero-order valence-corrected chi connectivity index (χ0v) is 15.1. The molecule has 2 nitrogen and oxygen atoms in total. The topological polar surface area (TPSA) is 24.9 Å². The number of aromatic nitrogens is 1. The zero-order chi connectivity index (χ0) is 16.5. The van der Waals surface area contributed by atoms with Gasteiger partial charge in [-0.05, 0) is 61.6 Å². The fourth-order valence-corrected chi connectivity index (χ4v) is 5.02. The lowest BCUT2D eigenvalue weighted by atomic mass is 9.83. The number of benzene rings is 1. The summed E-state index contributed by atoms with van der Waals surface area (Å²) in [4.78, 5) is 6.14. The molecule has 1 fully saturated rings. The van der Waals surface area contributed by atoms with E-state index in [2.05, 4.69) is 12.2 Å². The molecule has 2 aliphatic carbocycles. The number of thiazole rings is 1. The van der Waals surface area contributed by atoms with Crippen molar-refractivity contribution in [1.29, 1.82) is 0 Å². The Morgan fingerprint density at radius 1 is 1.21 bits per heavy atom. The predicted octanol–water partition coefficient (Wildman–Crippen LogP) is 5.68. The molecule has 0 atom stereocenters. The second-order valence-electron chi connectivity index (χ2n) is 7.45. The van der Waals surface area contributed by atoms with Crippen LogP contribution in [0.2, 0.25) is 0 Å². The molecule has 128 valence electrons. The third kappa shape index (κ3) is 3.34. The molecule has 0 unspecified atom stereocenters. The number of anilines is 1. The number of rotatable bonds is 3. The van der Waals surface area contributed by atoms with Gasteiger partial charge in [0, 0.05) is 17.0 Å². The number of nitrogens with one attached hydrogen (secondary N) is 1. The van der Waals surface area contributed by atoms with Crippen LogP contribution < -0.4 is 5.32 Å². The van der Waals surface area contributed by atoms with Crippen LogP contribution in [0, 0.1) is 17.7 Å². The van der Waals surface area contributed by atoms with Crippen LogP contribution in [0.25, 0.3) is 11.3 Å². The molecule has 2 aromatic rings. The van der Waals surface area contributed by atoms with Crippen molar-refractivity contribution in [3.8, 4) is 11.3 Å². The van der Waals surface area contributed by atoms with Gasteiger partial charge in [-0.3, -0.25) is 0 Å². The van der Waals surface area contributed by atoms with Crippen molar-refractivity contribution in [3.05, 3.63) is 34.5 Å². The molecule has 0 spiro atoms. The molecular weight excluding hydrogens is 319 g/mol. The number of halogens is 1. The Bertz CT molecular complexity index is 716. The molecule has 0 aliphatic heterocycles. The molecule has 4 heteroatoms. The number of nitrogens with zero attached hydrogens (tertiary/aromatic N) is 1. The molecule has 1 heterocycles.